The van der Waals surface area contributed by atoms with Crippen LogP contribution in [0, 0.1) is 0 Å². The van der Waals surface area contributed by atoms with Crippen molar-refractivity contribution >= 4 is 76.2 Å². The van der Waals surface area contributed by atoms with E-state index in [2.05, 4.69) is 132 Å². The molecule has 0 saturated heterocycles. The second-order valence-corrected chi connectivity index (χ2v) is 12.9. The Morgan fingerprint density at radius 2 is 0.960 bits per heavy atom. The van der Waals surface area contributed by atoms with E-state index in [9.17, 15) is 0 Å². The number of hydrogen-bond acceptors (Lipinski definition) is 3. The van der Waals surface area contributed by atoms with Crippen LogP contribution >= 0.6 is 0 Å². The third-order valence-electron chi connectivity index (χ3n) is 10.2. The molecule has 0 N–H and O–H groups in total. The highest BCUT2D eigenvalue weighted by molar-refractivity contribution is 6.35. The molecule has 3 heterocycles. The highest BCUT2D eigenvalue weighted by atomic mass is 16.3. The number of hydrogen-bond donors (Lipinski definition) is 0. The Morgan fingerprint density at radius 1 is 0.380 bits per heavy atom. The molecule has 4 heteroatoms. The van der Waals surface area contributed by atoms with Crippen LogP contribution in [0.25, 0.3) is 105 Å². The summed E-state index contributed by atoms with van der Waals surface area (Å²) in [6, 6.07) is 57.7. The van der Waals surface area contributed by atoms with E-state index in [0.717, 1.165) is 50.0 Å². The monoisotopic (exact) mass is 637 g/mol. The van der Waals surface area contributed by atoms with Crippen LogP contribution in [-0.2, 0) is 0 Å². The van der Waals surface area contributed by atoms with Gasteiger partial charge >= 0.3 is 0 Å². The third kappa shape index (κ3) is 3.76. The number of rotatable bonds is 3. The maximum atomic E-state index is 6.95. The molecule has 8 aromatic carbocycles. The van der Waals surface area contributed by atoms with Crippen molar-refractivity contribution in [1.29, 1.82) is 0 Å². The number of para-hydroxylation sites is 2. The van der Waals surface area contributed by atoms with E-state index in [4.69, 9.17) is 14.4 Å². The maximum absolute atomic E-state index is 6.95. The Balaban J connectivity index is 1.28. The van der Waals surface area contributed by atoms with Gasteiger partial charge in [-0.15, -0.1) is 0 Å². The fraction of sp³-hybridized carbons (Fsp3) is 0. The quantitative estimate of drug-likeness (QED) is 0.181. The predicted molar refractivity (Wildman–Crippen MR) is 207 cm³/mol. The number of nitrogens with zero attached hydrogens (tertiary/aromatic N) is 3. The third-order valence-corrected chi connectivity index (χ3v) is 10.2. The van der Waals surface area contributed by atoms with Crippen molar-refractivity contribution in [1.82, 2.24) is 14.5 Å². The zero-order chi connectivity index (χ0) is 32.8. The summed E-state index contributed by atoms with van der Waals surface area (Å²) in [5.74, 6) is 0.674. The molecule has 0 aliphatic heterocycles. The molecule has 0 saturated carbocycles. The summed E-state index contributed by atoms with van der Waals surface area (Å²) in [7, 11) is 0. The highest BCUT2D eigenvalue weighted by Crippen LogP contribution is 2.45. The minimum atomic E-state index is 0.674. The first-order valence-electron chi connectivity index (χ1n) is 16.9. The SMILES string of the molecule is c1ccc(-c2nc(-c3ccccc3)c3oc4c(-n5c6ccccc6c6c7c8ccccc8c8ccccc8c7ccc65)cccc4c3n2)cc1. The van der Waals surface area contributed by atoms with E-state index in [1.807, 2.05) is 36.4 Å². The molecule has 0 aliphatic carbocycles. The molecule has 4 nitrogen and oxygen atoms in total. The van der Waals surface area contributed by atoms with Crippen molar-refractivity contribution in [3.63, 3.8) is 0 Å². The minimum Gasteiger partial charge on any atom is -0.450 e. The molecule has 0 fully saturated rings. The first-order valence-corrected chi connectivity index (χ1v) is 16.9. The Hall–Kier alpha value is -6.78. The standard InChI is InChI=1S/C46H27N3O/c1-3-14-28(15-4-1)42-45-43(48-46(47-42)29-16-5-2-6-17-29)36-23-13-25-39(44(36)50-45)49-37-24-12-11-22-35(37)41-38(49)27-26-34-32-20-8-7-18-30(32)31-19-9-10-21-33(31)40(34)41/h1-27H. The van der Waals surface area contributed by atoms with Gasteiger partial charge in [0.25, 0.3) is 0 Å². The first kappa shape index (κ1) is 27.2. The first-order chi connectivity index (χ1) is 24.8. The van der Waals surface area contributed by atoms with Crippen LogP contribution in [0.15, 0.2) is 168 Å². The lowest BCUT2D eigenvalue weighted by Crippen LogP contribution is -1.94. The minimum absolute atomic E-state index is 0.674. The summed E-state index contributed by atoms with van der Waals surface area (Å²) in [4.78, 5) is 10.3. The van der Waals surface area contributed by atoms with Gasteiger partial charge in [0.1, 0.15) is 11.2 Å². The molecule has 232 valence electrons. The molecular weight excluding hydrogens is 611 g/mol. The summed E-state index contributed by atoms with van der Waals surface area (Å²) in [6.45, 7) is 0. The summed E-state index contributed by atoms with van der Waals surface area (Å²) >= 11 is 0. The van der Waals surface area contributed by atoms with E-state index < -0.39 is 0 Å². The Bertz CT molecular complexity index is 3100. The molecule has 11 rings (SSSR count). The van der Waals surface area contributed by atoms with Gasteiger partial charge in [0, 0.05) is 32.7 Å². The lowest BCUT2D eigenvalue weighted by molar-refractivity contribution is 0.665. The molecule has 0 atom stereocenters. The smallest absolute Gasteiger partial charge is 0.180 e. The molecular formula is C46H27N3O. The second kappa shape index (κ2) is 10.4. The number of furan rings is 1. The van der Waals surface area contributed by atoms with Crippen molar-refractivity contribution in [2.45, 2.75) is 0 Å². The Kier molecular flexibility index (Phi) is 5.63. The highest BCUT2D eigenvalue weighted by Gasteiger charge is 2.23. The molecule has 0 unspecified atom stereocenters. The summed E-state index contributed by atoms with van der Waals surface area (Å²) in [5.41, 5.74) is 8.22. The van der Waals surface area contributed by atoms with Crippen LogP contribution in [-0.4, -0.2) is 14.5 Å². The average Bonchev–Trinajstić information content (AvgIpc) is 3.74. The van der Waals surface area contributed by atoms with Crippen LogP contribution in [0.2, 0.25) is 0 Å². The summed E-state index contributed by atoms with van der Waals surface area (Å²) in [5, 5.41) is 11.0. The number of benzene rings is 8. The van der Waals surface area contributed by atoms with Crippen molar-refractivity contribution in [3.05, 3.63) is 164 Å². The maximum Gasteiger partial charge on any atom is 0.180 e. The van der Waals surface area contributed by atoms with Crippen molar-refractivity contribution < 1.29 is 4.42 Å². The topological polar surface area (TPSA) is 43.9 Å². The second-order valence-electron chi connectivity index (χ2n) is 12.9. The van der Waals surface area contributed by atoms with Gasteiger partial charge in [-0.2, -0.15) is 0 Å². The van der Waals surface area contributed by atoms with Crippen LogP contribution in [0.3, 0.4) is 0 Å². The molecule has 11 aromatic rings. The Morgan fingerprint density at radius 3 is 1.70 bits per heavy atom. The largest absolute Gasteiger partial charge is 0.450 e. The van der Waals surface area contributed by atoms with E-state index in [1.165, 1.54) is 43.1 Å². The fourth-order valence-electron chi connectivity index (χ4n) is 8.05. The van der Waals surface area contributed by atoms with Crippen molar-refractivity contribution in [2.75, 3.05) is 0 Å². The van der Waals surface area contributed by atoms with Gasteiger partial charge in [0.15, 0.2) is 17.0 Å². The normalized spacial score (nSPS) is 12.0. The van der Waals surface area contributed by atoms with Gasteiger partial charge in [-0.05, 0) is 51.2 Å². The van der Waals surface area contributed by atoms with Gasteiger partial charge in [-0.3, -0.25) is 0 Å². The number of fused-ring (bicyclic) bond motifs is 13. The lowest BCUT2D eigenvalue weighted by Gasteiger charge is -2.12. The molecule has 0 amide bonds. The molecule has 0 spiro atoms. The predicted octanol–water partition coefficient (Wildman–Crippen LogP) is 12.3. The van der Waals surface area contributed by atoms with Gasteiger partial charge < -0.3 is 8.98 Å². The molecule has 3 aromatic heterocycles. The number of aromatic nitrogens is 3. The molecule has 50 heavy (non-hydrogen) atoms. The van der Waals surface area contributed by atoms with Crippen molar-refractivity contribution in [2.24, 2.45) is 0 Å². The van der Waals surface area contributed by atoms with Gasteiger partial charge in [-0.1, -0.05) is 140 Å². The van der Waals surface area contributed by atoms with Crippen LogP contribution in [0.5, 0.6) is 0 Å². The van der Waals surface area contributed by atoms with Gasteiger partial charge in [0.2, 0.25) is 0 Å². The van der Waals surface area contributed by atoms with E-state index >= 15 is 0 Å². The fourth-order valence-corrected chi connectivity index (χ4v) is 8.05. The molecule has 0 aliphatic rings. The average molecular weight is 638 g/mol. The van der Waals surface area contributed by atoms with Crippen LogP contribution in [0.4, 0.5) is 0 Å². The zero-order valence-electron chi connectivity index (χ0n) is 26.8. The van der Waals surface area contributed by atoms with E-state index in [1.54, 1.807) is 0 Å². The van der Waals surface area contributed by atoms with Crippen LogP contribution < -0.4 is 0 Å². The van der Waals surface area contributed by atoms with E-state index in [0.29, 0.717) is 11.4 Å². The zero-order valence-corrected chi connectivity index (χ0v) is 26.8. The van der Waals surface area contributed by atoms with Gasteiger partial charge in [-0.25, -0.2) is 9.97 Å². The summed E-state index contributed by atoms with van der Waals surface area (Å²) < 4.78 is 9.32. The molecule has 0 bridgehead atoms. The Labute approximate surface area is 286 Å². The van der Waals surface area contributed by atoms with E-state index in [-0.39, 0.29) is 0 Å². The van der Waals surface area contributed by atoms with Crippen molar-refractivity contribution in [3.8, 4) is 28.3 Å². The van der Waals surface area contributed by atoms with Crippen LogP contribution in [0.1, 0.15) is 0 Å². The molecule has 0 radical (unpaired) electrons. The van der Waals surface area contributed by atoms with Gasteiger partial charge in [0.05, 0.1) is 16.7 Å². The lowest BCUT2D eigenvalue weighted by atomic mass is 9.92. The summed E-state index contributed by atoms with van der Waals surface area (Å²) in [6.07, 6.45) is 0.